The summed E-state index contributed by atoms with van der Waals surface area (Å²) >= 11 is 9.03. The summed E-state index contributed by atoms with van der Waals surface area (Å²) in [6, 6.07) is 12.8. The standard InChI is InChI=1S/C15H14BrClN2O2/c1-10(8-11-2-4-12(17)5-3-11)18-13-6-7-14(16)15(9-13)19(20)21/h2-7,9-10,18H,8H2,1H3. The summed E-state index contributed by atoms with van der Waals surface area (Å²) in [4.78, 5) is 10.5. The Morgan fingerprint density at radius 1 is 1.29 bits per heavy atom. The van der Waals surface area contributed by atoms with Gasteiger partial charge in [0, 0.05) is 22.8 Å². The SMILES string of the molecule is CC(Cc1ccc(Cl)cc1)Nc1ccc(Br)c([N+](=O)[O-])c1. The van der Waals surface area contributed by atoms with E-state index in [1.165, 1.54) is 6.07 Å². The summed E-state index contributed by atoms with van der Waals surface area (Å²) in [5.41, 5.74) is 1.94. The molecule has 1 N–H and O–H groups in total. The van der Waals surface area contributed by atoms with E-state index in [9.17, 15) is 10.1 Å². The van der Waals surface area contributed by atoms with Crippen molar-refractivity contribution in [2.45, 2.75) is 19.4 Å². The minimum atomic E-state index is -0.404. The van der Waals surface area contributed by atoms with Crippen molar-refractivity contribution in [2.24, 2.45) is 0 Å². The van der Waals surface area contributed by atoms with Gasteiger partial charge in [0.25, 0.3) is 5.69 Å². The van der Waals surface area contributed by atoms with Gasteiger partial charge in [-0.1, -0.05) is 23.7 Å². The maximum atomic E-state index is 10.9. The molecule has 0 aliphatic rings. The molecule has 2 rings (SSSR count). The van der Waals surface area contributed by atoms with E-state index < -0.39 is 4.92 Å². The van der Waals surface area contributed by atoms with Crippen LogP contribution in [0.3, 0.4) is 0 Å². The van der Waals surface area contributed by atoms with Crippen molar-refractivity contribution >= 4 is 38.9 Å². The first-order chi connectivity index (χ1) is 9.95. The van der Waals surface area contributed by atoms with E-state index in [1.54, 1.807) is 6.07 Å². The van der Waals surface area contributed by atoms with E-state index in [0.29, 0.717) is 9.50 Å². The highest BCUT2D eigenvalue weighted by Gasteiger charge is 2.13. The number of nitrogens with one attached hydrogen (secondary N) is 1. The first-order valence-electron chi connectivity index (χ1n) is 6.40. The molecule has 0 bridgehead atoms. The number of hydrogen-bond acceptors (Lipinski definition) is 3. The van der Waals surface area contributed by atoms with Gasteiger partial charge in [-0.05, 0) is 59.1 Å². The van der Waals surface area contributed by atoms with E-state index >= 15 is 0 Å². The van der Waals surface area contributed by atoms with Gasteiger partial charge in [-0.25, -0.2) is 0 Å². The van der Waals surface area contributed by atoms with Crippen LogP contribution in [0, 0.1) is 10.1 Å². The molecule has 0 heterocycles. The monoisotopic (exact) mass is 368 g/mol. The van der Waals surface area contributed by atoms with Crippen molar-refractivity contribution in [3.8, 4) is 0 Å². The third-order valence-electron chi connectivity index (χ3n) is 3.01. The minimum Gasteiger partial charge on any atom is -0.382 e. The van der Waals surface area contributed by atoms with E-state index in [1.807, 2.05) is 37.3 Å². The van der Waals surface area contributed by atoms with Crippen LogP contribution >= 0.6 is 27.5 Å². The van der Waals surface area contributed by atoms with Gasteiger partial charge < -0.3 is 5.32 Å². The third-order valence-corrected chi connectivity index (χ3v) is 3.93. The molecule has 0 aliphatic heterocycles. The molecule has 0 aliphatic carbocycles. The van der Waals surface area contributed by atoms with Crippen LogP contribution in [0.4, 0.5) is 11.4 Å². The van der Waals surface area contributed by atoms with Gasteiger partial charge in [0.2, 0.25) is 0 Å². The largest absolute Gasteiger partial charge is 0.382 e. The third kappa shape index (κ3) is 4.44. The Hall–Kier alpha value is -1.59. The summed E-state index contributed by atoms with van der Waals surface area (Å²) in [6.45, 7) is 2.03. The molecule has 0 radical (unpaired) electrons. The van der Waals surface area contributed by atoms with Gasteiger partial charge in [-0.2, -0.15) is 0 Å². The second kappa shape index (κ2) is 6.91. The smallest absolute Gasteiger partial charge is 0.285 e. The van der Waals surface area contributed by atoms with Crippen molar-refractivity contribution in [1.82, 2.24) is 0 Å². The summed E-state index contributed by atoms with van der Waals surface area (Å²) < 4.78 is 0.475. The molecule has 0 saturated heterocycles. The zero-order chi connectivity index (χ0) is 15.4. The Balaban J connectivity index is 2.05. The van der Waals surface area contributed by atoms with Crippen LogP contribution in [-0.4, -0.2) is 11.0 Å². The minimum absolute atomic E-state index is 0.0543. The highest BCUT2D eigenvalue weighted by molar-refractivity contribution is 9.10. The summed E-state index contributed by atoms with van der Waals surface area (Å²) in [6.07, 6.45) is 0.807. The Labute approximate surface area is 136 Å². The number of benzene rings is 2. The molecule has 21 heavy (non-hydrogen) atoms. The molecular weight excluding hydrogens is 356 g/mol. The average Bonchev–Trinajstić information content (AvgIpc) is 2.43. The fourth-order valence-electron chi connectivity index (χ4n) is 2.05. The molecule has 110 valence electrons. The Morgan fingerprint density at radius 2 is 1.95 bits per heavy atom. The molecule has 4 nitrogen and oxygen atoms in total. The van der Waals surface area contributed by atoms with E-state index in [0.717, 1.165) is 17.7 Å². The number of nitro groups is 1. The zero-order valence-corrected chi connectivity index (χ0v) is 13.7. The molecule has 1 unspecified atom stereocenters. The van der Waals surface area contributed by atoms with Crippen LogP contribution < -0.4 is 5.32 Å². The number of halogens is 2. The van der Waals surface area contributed by atoms with Crippen LogP contribution in [0.15, 0.2) is 46.9 Å². The predicted octanol–water partition coefficient (Wildman–Crippen LogP) is 5.05. The Morgan fingerprint density at radius 3 is 2.57 bits per heavy atom. The van der Waals surface area contributed by atoms with E-state index in [-0.39, 0.29) is 11.7 Å². The second-order valence-electron chi connectivity index (χ2n) is 4.80. The number of nitrogens with zero attached hydrogens (tertiary/aromatic N) is 1. The number of anilines is 1. The van der Waals surface area contributed by atoms with E-state index in [2.05, 4.69) is 21.2 Å². The first kappa shape index (κ1) is 15.8. The summed E-state index contributed by atoms with van der Waals surface area (Å²) in [5.74, 6) is 0. The highest BCUT2D eigenvalue weighted by Crippen LogP contribution is 2.28. The lowest BCUT2D eigenvalue weighted by molar-refractivity contribution is -0.385. The lowest BCUT2D eigenvalue weighted by Gasteiger charge is -2.15. The van der Waals surface area contributed by atoms with E-state index in [4.69, 9.17) is 11.6 Å². The van der Waals surface area contributed by atoms with Gasteiger partial charge >= 0.3 is 0 Å². The maximum absolute atomic E-state index is 10.9. The summed E-state index contributed by atoms with van der Waals surface area (Å²) in [5, 5.41) is 14.9. The van der Waals surface area contributed by atoms with Crippen molar-refractivity contribution in [1.29, 1.82) is 0 Å². The van der Waals surface area contributed by atoms with Gasteiger partial charge in [-0.15, -0.1) is 0 Å². The van der Waals surface area contributed by atoms with Crippen LogP contribution in [0.2, 0.25) is 5.02 Å². The highest BCUT2D eigenvalue weighted by atomic mass is 79.9. The van der Waals surface area contributed by atoms with Crippen LogP contribution in [-0.2, 0) is 6.42 Å². The van der Waals surface area contributed by atoms with Gasteiger partial charge in [0.05, 0.1) is 9.40 Å². The van der Waals surface area contributed by atoms with Gasteiger partial charge in [0.1, 0.15) is 0 Å². The van der Waals surface area contributed by atoms with Crippen LogP contribution in [0.1, 0.15) is 12.5 Å². The second-order valence-corrected chi connectivity index (χ2v) is 6.09. The Bertz CT molecular complexity index is 647. The lowest BCUT2D eigenvalue weighted by Crippen LogP contribution is -2.18. The molecule has 0 amide bonds. The fourth-order valence-corrected chi connectivity index (χ4v) is 2.57. The quantitative estimate of drug-likeness (QED) is 0.592. The summed E-state index contributed by atoms with van der Waals surface area (Å²) in [7, 11) is 0. The van der Waals surface area contributed by atoms with Crippen molar-refractivity contribution in [2.75, 3.05) is 5.32 Å². The molecule has 2 aromatic rings. The number of hydrogen-bond donors (Lipinski definition) is 1. The lowest BCUT2D eigenvalue weighted by atomic mass is 10.1. The predicted molar refractivity (Wildman–Crippen MR) is 89.0 cm³/mol. The molecule has 0 spiro atoms. The van der Waals surface area contributed by atoms with Crippen molar-refractivity contribution in [3.63, 3.8) is 0 Å². The fraction of sp³-hybridized carbons (Fsp3) is 0.200. The molecule has 6 heteroatoms. The van der Waals surface area contributed by atoms with Gasteiger partial charge in [0.15, 0.2) is 0 Å². The molecule has 0 saturated carbocycles. The average molecular weight is 370 g/mol. The van der Waals surface area contributed by atoms with Crippen LogP contribution in [0.25, 0.3) is 0 Å². The number of rotatable bonds is 5. The molecule has 0 fully saturated rings. The molecule has 1 atom stereocenters. The Kier molecular flexibility index (Phi) is 5.20. The molecule has 2 aromatic carbocycles. The molecular formula is C15H14BrClN2O2. The maximum Gasteiger partial charge on any atom is 0.285 e. The van der Waals surface area contributed by atoms with Crippen molar-refractivity contribution < 1.29 is 4.92 Å². The normalized spacial score (nSPS) is 12.0. The van der Waals surface area contributed by atoms with Gasteiger partial charge in [-0.3, -0.25) is 10.1 Å². The topological polar surface area (TPSA) is 55.2 Å². The van der Waals surface area contributed by atoms with Crippen molar-refractivity contribution in [3.05, 3.63) is 67.6 Å². The zero-order valence-electron chi connectivity index (χ0n) is 11.3. The first-order valence-corrected chi connectivity index (χ1v) is 7.57. The number of nitro benzene ring substituents is 1. The van der Waals surface area contributed by atoms with Crippen LogP contribution in [0.5, 0.6) is 0 Å². The molecule has 0 aromatic heterocycles.